The number of aryl methyl sites for hydroxylation is 1. The summed E-state index contributed by atoms with van der Waals surface area (Å²) in [5.41, 5.74) is 2.16. The predicted molar refractivity (Wildman–Crippen MR) is 74.4 cm³/mol. The van der Waals surface area contributed by atoms with E-state index in [-0.39, 0.29) is 11.8 Å². The largest absolute Gasteiger partial charge is 0.353 e. The summed E-state index contributed by atoms with van der Waals surface area (Å²) in [7, 11) is 0. The van der Waals surface area contributed by atoms with Gasteiger partial charge in [0.2, 0.25) is 11.8 Å². The van der Waals surface area contributed by atoms with E-state index in [9.17, 15) is 9.59 Å². The van der Waals surface area contributed by atoms with Crippen LogP contribution < -0.4 is 5.32 Å². The molecule has 1 saturated heterocycles. The summed E-state index contributed by atoms with van der Waals surface area (Å²) in [6.07, 6.45) is 3.31. The Bertz CT molecular complexity index is 505. The summed E-state index contributed by atoms with van der Waals surface area (Å²) in [4.78, 5) is 25.1. The number of rotatable bonds is 2. The topological polar surface area (TPSA) is 49.4 Å². The zero-order chi connectivity index (χ0) is 13.8. The van der Waals surface area contributed by atoms with Crippen LogP contribution in [-0.2, 0) is 9.59 Å². The Morgan fingerprint density at radius 2 is 2.05 bits per heavy atom. The summed E-state index contributed by atoms with van der Waals surface area (Å²) in [6, 6.07) is 7.53. The van der Waals surface area contributed by atoms with E-state index >= 15 is 0 Å². The second-order valence-corrected chi connectivity index (χ2v) is 4.74. The summed E-state index contributed by atoms with van der Waals surface area (Å²) in [5.74, 6) is -0.216. The van der Waals surface area contributed by atoms with Gasteiger partial charge in [-0.15, -0.1) is 0 Å². The fourth-order valence-electron chi connectivity index (χ4n) is 2.02. The van der Waals surface area contributed by atoms with Gasteiger partial charge in [0.15, 0.2) is 0 Å². The fraction of sp³-hybridized carbons (Fsp3) is 0.333. The minimum atomic E-state index is -0.399. The Labute approximate surface area is 113 Å². The van der Waals surface area contributed by atoms with Gasteiger partial charge in [0, 0.05) is 19.2 Å². The minimum Gasteiger partial charge on any atom is -0.353 e. The molecule has 1 aromatic carbocycles. The van der Waals surface area contributed by atoms with E-state index < -0.39 is 6.04 Å². The maximum atomic E-state index is 12.1. The lowest BCUT2D eigenvalue weighted by Crippen LogP contribution is -2.55. The molecule has 1 aliphatic rings. The third-order valence-electron chi connectivity index (χ3n) is 3.28. The molecule has 0 radical (unpaired) electrons. The number of amides is 2. The smallest absolute Gasteiger partial charge is 0.247 e. The zero-order valence-corrected chi connectivity index (χ0v) is 11.2. The van der Waals surface area contributed by atoms with Crippen molar-refractivity contribution < 1.29 is 9.59 Å². The second kappa shape index (κ2) is 5.69. The van der Waals surface area contributed by atoms with Gasteiger partial charge in [0.1, 0.15) is 6.04 Å². The molecule has 1 aromatic rings. The Morgan fingerprint density at radius 1 is 1.37 bits per heavy atom. The van der Waals surface area contributed by atoms with Gasteiger partial charge < -0.3 is 10.2 Å². The average Bonchev–Trinajstić information content (AvgIpc) is 2.41. The monoisotopic (exact) mass is 258 g/mol. The van der Waals surface area contributed by atoms with Crippen LogP contribution in [0.5, 0.6) is 0 Å². The van der Waals surface area contributed by atoms with Crippen LogP contribution >= 0.6 is 0 Å². The number of carbonyl (C=O) groups is 2. The SMILES string of the molecule is Cc1ccc(C=CC(=O)N2CCNC(=O)C2C)cc1. The van der Waals surface area contributed by atoms with Crippen molar-refractivity contribution in [1.82, 2.24) is 10.2 Å². The molecule has 0 aliphatic carbocycles. The number of hydrogen-bond acceptors (Lipinski definition) is 2. The molecule has 0 bridgehead atoms. The number of piperazine rings is 1. The summed E-state index contributed by atoms with van der Waals surface area (Å²) in [6.45, 7) is 4.84. The molecule has 4 nitrogen and oxygen atoms in total. The van der Waals surface area contributed by atoms with E-state index in [4.69, 9.17) is 0 Å². The predicted octanol–water partition coefficient (Wildman–Crippen LogP) is 1.36. The van der Waals surface area contributed by atoms with Crippen molar-refractivity contribution in [3.63, 3.8) is 0 Å². The number of nitrogens with zero attached hydrogens (tertiary/aromatic N) is 1. The molecular formula is C15H18N2O2. The normalized spacial score (nSPS) is 19.6. The summed E-state index contributed by atoms with van der Waals surface area (Å²) < 4.78 is 0. The number of carbonyl (C=O) groups excluding carboxylic acids is 2. The van der Waals surface area contributed by atoms with Gasteiger partial charge in [-0.25, -0.2) is 0 Å². The van der Waals surface area contributed by atoms with E-state index in [1.54, 1.807) is 17.9 Å². The van der Waals surface area contributed by atoms with E-state index in [0.717, 1.165) is 5.56 Å². The Balaban J connectivity index is 2.04. The van der Waals surface area contributed by atoms with Crippen LogP contribution in [0.2, 0.25) is 0 Å². The van der Waals surface area contributed by atoms with Crippen LogP contribution in [0.3, 0.4) is 0 Å². The van der Waals surface area contributed by atoms with Gasteiger partial charge in [-0.3, -0.25) is 9.59 Å². The molecule has 1 unspecified atom stereocenters. The molecule has 1 atom stereocenters. The Kier molecular flexibility index (Phi) is 4.00. The van der Waals surface area contributed by atoms with Crippen LogP contribution in [0.15, 0.2) is 30.3 Å². The van der Waals surface area contributed by atoms with Gasteiger partial charge in [0.25, 0.3) is 0 Å². The summed E-state index contributed by atoms with van der Waals surface area (Å²) >= 11 is 0. The molecule has 4 heteroatoms. The molecule has 1 fully saturated rings. The molecule has 0 spiro atoms. The molecule has 1 heterocycles. The first-order valence-corrected chi connectivity index (χ1v) is 6.41. The number of benzene rings is 1. The summed E-state index contributed by atoms with van der Waals surface area (Å²) in [5, 5.41) is 2.74. The highest BCUT2D eigenvalue weighted by Crippen LogP contribution is 2.08. The Morgan fingerprint density at radius 3 is 2.74 bits per heavy atom. The van der Waals surface area contributed by atoms with E-state index in [1.165, 1.54) is 11.6 Å². The van der Waals surface area contributed by atoms with Crippen molar-refractivity contribution in [1.29, 1.82) is 0 Å². The maximum absolute atomic E-state index is 12.1. The molecule has 19 heavy (non-hydrogen) atoms. The fourth-order valence-corrected chi connectivity index (χ4v) is 2.02. The maximum Gasteiger partial charge on any atom is 0.247 e. The zero-order valence-electron chi connectivity index (χ0n) is 11.2. The third-order valence-corrected chi connectivity index (χ3v) is 3.28. The van der Waals surface area contributed by atoms with Crippen LogP contribution in [0.25, 0.3) is 6.08 Å². The standard InChI is InChI=1S/C15H18N2O2/c1-11-3-5-13(6-4-11)7-8-14(18)17-10-9-16-15(19)12(17)2/h3-8,12H,9-10H2,1-2H3,(H,16,19). The van der Waals surface area contributed by atoms with E-state index in [1.807, 2.05) is 31.2 Å². The second-order valence-electron chi connectivity index (χ2n) is 4.74. The third kappa shape index (κ3) is 3.22. The van der Waals surface area contributed by atoms with Gasteiger partial charge >= 0.3 is 0 Å². The first-order valence-electron chi connectivity index (χ1n) is 6.41. The van der Waals surface area contributed by atoms with E-state index in [2.05, 4.69) is 5.32 Å². The van der Waals surface area contributed by atoms with Gasteiger partial charge in [-0.1, -0.05) is 29.8 Å². The van der Waals surface area contributed by atoms with Crippen molar-refractivity contribution in [2.45, 2.75) is 19.9 Å². The highest BCUT2D eigenvalue weighted by Gasteiger charge is 2.27. The van der Waals surface area contributed by atoms with Crippen LogP contribution in [0.1, 0.15) is 18.1 Å². The lowest BCUT2D eigenvalue weighted by atomic mass is 10.1. The first kappa shape index (κ1) is 13.3. The number of hydrogen-bond donors (Lipinski definition) is 1. The molecule has 1 aliphatic heterocycles. The molecule has 2 amide bonds. The molecule has 0 aromatic heterocycles. The van der Waals surface area contributed by atoms with Crippen molar-refractivity contribution >= 4 is 17.9 Å². The molecule has 1 N–H and O–H groups in total. The lowest BCUT2D eigenvalue weighted by Gasteiger charge is -2.31. The van der Waals surface area contributed by atoms with Gasteiger partial charge in [0.05, 0.1) is 0 Å². The van der Waals surface area contributed by atoms with Crippen LogP contribution in [0.4, 0.5) is 0 Å². The van der Waals surface area contributed by atoms with Crippen molar-refractivity contribution in [2.24, 2.45) is 0 Å². The minimum absolute atomic E-state index is 0.0941. The van der Waals surface area contributed by atoms with Crippen molar-refractivity contribution in [3.05, 3.63) is 41.5 Å². The van der Waals surface area contributed by atoms with Gasteiger partial charge in [-0.05, 0) is 25.5 Å². The molecular weight excluding hydrogens is 240 g/mol. The highest BCUT2D eigenvalue weighted by molar-refractivity contribution is 5.96. The molecule has 2 rings (SSSR count). The quantitative estimate of drug-likeness (QED) is 0.814. The van der Waals surface area contributed by atoms with Crippen molar-refractivity contribution in [3.8, 4) is 0 Å². The lowest BCUT2D eigenvalue weighted by molar-refractivity contribution is -0.139. The Hall–Kier alpha value is -2.10. The number of nitrogens with one attached hydrogen (secondary N) is 1. The average molecular weight is 258 g/mol. The van der Waals surface area contributed by atoms with E-state index in [0.29, 0.717) is 13.1 Å². The first-order chi connectivity index (χ1) is 9.08. The van der Waals surface area contributed by atoms with Gasteiger partial charge in [-0.2, -0.15) is 0 Å². The molecule has 0 saturated carbocycles. The molecule has 100 valence electrons. The van der Waals surface area contributed by atoms with Crippen molar-refractivity contribution in [2.75, 3.05) is 13.1 Å². The van der Waals surface area contributed by atoms with Crippen LogP contribution in [0, 0.1) is 6.92 Å². The highest BCUT2D eigenvalue weighted by atomic mass is 16.2. The van der Waals surface area contributed by atoms with Crippen LogP contribution in [-0.4, -0.2) is 35.8 Å².